The van der Waals surface area contributed by atoms with Crippen LogP contribution in [0.2, 0.25) is 0 Å². The van der Waals surface area contributed by atoms with Gasteiger partial charge in [-0.1, -0.05) is 5.16 Å². The molecule has 0 bridgehead atoms. The molecule has 1 aliphatic heterocycles. The van der Waals surface area contributed by atoms with Gasteiger partial charge in [0.15, 0.2) is 0 Å². The smallest absolute Gasteiger partial charge is 0.233 e. The molecule has 0 saturated carbocycles. The zero-order chi connectivity index (χ0) is 13.8. The number of nitrogens with two attached hydrogens (primary N) is 1. The molecule has 1 aliphatic rings. The summed E-state index contributed by atoms with van der Waals surface area (Å²) in [5.41, 5.74) is 5.52. The predicted molar refractivity (Wildman–Crippen MR) is 72.7 cm³/mol. The predicted octanol–water partition coefficient (Wildman–Crippen LogP) is 2.14. The standard InChI is InChI=1S/C12H15BrFN3O2/c13-10-2-1-8(14)7-11(10)19-9-3-5-17(6-4-9)12(15)16-18/h1-2,7,9,18H,3-6H2,(H2,15,16). The third kappa shape index (κ3) is 3.50. The Morgan fingerprint density at radius 1 is 1.47 bits per heavy atom. The normalized spacial score (nSPS) is 17.6. The van der Waals surface area contributed by atoms with E-state index in [4.69, 9.17) is 15.7 Å². The number of likely N-dealkylation sites (tertiary alicyclic amines) is 1. The fraction of sp³-hybridized carbons (Fsp3) is 0.417. The lowest BCUT2D eigenvalue weighted by Gasteiger charge is -2.32. The molecule has 0 atom stereocenters. The first-order valence-corrected chi connectivity index (χ1v) is 6.73. The summed E-state index contributed by atoms with van der Waals surface area (Å²) in [5, 5.41) is 11.6. The third-order valence-electron chi connectivity index (χ3n) is 3.06. The molecule has 0 aliphatic carbocycles. The molecule has 104 valence electrons. The van der Waals surface area contributed by atoms with Crippen LogP contribution in [0.15, 0.2) is 27.8 Å². The van der Waals surface area contributed by atoms with E-state index in [-0.39, 0.29) is 17.9 Å². The molecule has 1 aromatic carbocycles. The Bertz CT molecular complexity index is 476. The van der Waals surface area contributed by atoms with Gasteiger partial charge in [0.1, 0.15) is 17.7 Å². The Morgan fingerprint density at radius 2 is 2.16 bits per heavy atom. The van der Waals surface area contributed by atoms with E-state index in [1.54, 1.807) is 11.0 Å². The van der Waals surface area contributed by atoms with E-state index in [0.717, 1.165) is 17.3 Å². The molecule has 0 unspecified atom stereocenters. The number of oxime groups is 1. The Labute approximate surface area is 119 Å². The van der Waals surface area contributed by atoms with E-state index >= 15 is 0 Å². The molecule has 1 aromatic rings. The summed E-state index contributed by atoms with van der Waals surface area (Å²) in [4.78, 5) is 1.78. The number of piperidine rings is 1. The van der Waals surface area contributed by atoms with Crippen molar-refractivity contribution in [2.24, 2.45) is 10.9 Å². The average molecular weight is 332 g/mol. The number of nitrogens with zero attached hydrogens (tertiary/aromatic N) is 2. The summed E-state index contributed by atoms with van der Waals surface area (Å²) >= 11 is 3.33. The number of benzene rings is 1. The lowest BCUT2D eigenvalue weighted by Crippen LogP contribution is -2.45. The minimum atomic E-state index is -0.327. The summed E-state index contributed by atoms with van der Waals surface area (Å²) in [7, 11) is 0. The summed E-state index contributed by atoms with van der Waals surface area (Å²) in [6.07, 6.45) is 1.47. The Balaban J connectivity index is 1.94. The molecule has 1 fully saturated rings. The second-order valence-electron chi connectivity index (χ2n) is 4.34. The van der Waals surface area contributed by atoms with E-state index in [1.165, 1.54) is 12.1 Å². The van der Waals surface area contributed by atoms with Gasteiger partial charge >= 0.3 is 0 Å². The fourth-order valence-electron chi connectivity index (χ4n) is 2.01. The highest BCUT2D eigenvalue weighted by Gasteiger charge is 2.22. The molecule has 2 rings (SSSR count). The highest BCUT2D eigenvalue weighted by atomic mass is 79.9. The molecule has 0 amide bonds. The zero-order valence-electron chi connectivity index (χ0n) is 10.2. The van der Waals surface area contributed by atoms with Crippen molar-refractivity contribution in [2.75, 3.05) is 13.1 Å². The SMILES string of the molecule is N/C(=N\O)N1CCC(Oc2cc(F)ccc2Br)CC1. The van der Waals surface area contributed by atoms with Crippen LogP contribution in [-0.4, -0.2) is 35.3 Å². The minimum absolute atomic E-state index is 0.000780. The summed E-state index contributed by atoms with van der Waals surface area (Å²) in [6, 6.07) is 4.36. The summed E-state index contributed by atoms with van der Waals surface area (Å²) < 4.78 is 19.6. The van der Waals surface area contributed by atoms with Gasteiger partial charge in [-0.05, 0) is 28.1 Å². The first kappa shape index (κ1) is 13.9. The Morgan fingerprint density at radius 3 is 2.79 bits per heavy atom. The van der Waals surface area contributed by atoms with E-state index in [9.17, 15) is 4.39 Å². The van der Waals surface area contributed by atoms with Crippen LogP contribution in [0.3, 0.4) is 0 Å². The van der Waals surface area contributed by atoms with Crippen molar-refractivity contribution in [3.63, 3.8) is 0 Å². The maximum Gasteiger partial charge on any atom is 0.233 e. The number of ether oxygens (including phenoxy) is 1. The second-order valence-corrected chi connectivity index (χ2v) is 5.19. The molecule has 19 heavy (non-hydrogen) atoms. The van der Waals surface area contributed by atoms with Crippen LogP contribution < -0.4 is 10.5 Å². The lowest BCUT2D eigenvalue weighted by atomic mass is 10.1. The topological polar surface area (TPSA) is 71.1 Å². The van der Waals surface area contributed by atoms with Crippen LogP contribution in [0.1, 0.15) is 12.8 Å². The van der Waals surface area contributed by atoms with Gasteiger partial charge in [-0.15, -0.1) is 0 Å². The number of guanidine groups is 1. The van der Waals surface area contributed by atoms with Crippen LogP contribution in [0.25, 0.3) is 0 Å². The number of hydrogen-bond donors (Lipinski definition) is 2. The van der Waals surface area contributed by atoms with E-state index in [0.29, 0.717) is 18.8 Å². The quantitative estimate of drug-likeness (QED) is 0.377. The van der Waals surface area contributed by atoms with Gasteiger partial charge in [0.05, 0.1) is 4.47 Å². The van der Waals surface area contributed by atoms with Crippen molar-refractivity contribution in [1.82, 2.24) is 4.90 Å². The summed E-state index contributed by atoms with van der Waals surface area (Å²) in [6.45, 7) is 1.29. The van der Waals surface area contributed by atoms with Gasteiger partial charge in [-0.3, -0.25) is 0 Å². The Kier molecular flexibility index (Phi) is 4.47. The molecular formula is C12H15BrFN3O2. The van der Waals surface area contributed by atoms with Crippen LogP contribution >= 0.6 is 15.9 Å². The van der Waals surface area contributed by atoms with Crippen molar-refractivity contribution >= 4 is 21.9 Å². The first-order chi connectivity index (χ1) is 9.10. The highest BCUT2D eigenvalue weighted by molar-refractivity contribution is 9.10. The molecule has 1 saturated heterocycles. The summed E-state index contributed by atoms with van der Waals surface area (Å²) in [5.74, 6) is 0.292. The minimum Gasteiger partial charge on any atom is -0.489 e. The van der Waals surface area contributed by atoms with E-state index < -0.39 is 0 Å². The first-order valence-electron chi connectivity index (χ1n) is 5.94. The number of halogens is 2. The average Bonchev–Trinajstić information content (AvgIpc) is 2.43. The fourth-order valence-corrected chi connectivity index (χ4v) is 2.35. The number of rotatable bonds is 2. The van der Waals surface area contributed by atoms with E-state index in [1.807, 2.05) is 0 Å². The van der Waals surface area contributed by atoms with Crippen molar-refractivity contribution < 1.29 is 14.3 Å². The van der Waals surface area contributed by atoms with Crippen LogP contribution in [0.5, 0.6) is 5.75 Å². The molecule has 3 N–H and O–H groups in total. The van der Waals surface area contributed by atoms with Crippen molar-refractivity contribution in [3.05, 3.63) is 28.5 Å². The van der Waals surface area contributed by atoms with Gasteiger partial charge in [0.25, 0.3) is 0 Å². The van der Waals surface area contributed by atoms with Gasteiger partial charge in [0, 0.05) is 32.0 Å². The van der Waals surface area contributed by atoms with Gasteiger partial charge < -0.3 is 20.6 Å². The maximum atomic E-state index is 13.1. The maximum absolute atomic E-state index is 13.1. The molecule has 5 nitrogen and oxygen atoms in total. The second kappa shape index (κ2) is 6.10. The molecule has 0 spiro atoms. The molecule has 0 aromatic heterocycles. The van der Waals surface area contributed by atoms with Gasteiger partial charge in [0.2, 0.25) is 5.96 Å². The van der Waals surface area contributed by atoms with Crippen LogP contribution in [0, 0.1) is 5.82 Å². The highest BCUT2D eigenvalue weighted by Crippen LogP contribution is 2.28. The molecule has 1 heterocycles. The largest absolute Gasteiger partial charge is 0.489 e. The number of hydrogen-bond acceptors (Lipinski definition) is 3. The van der Waals surface area contributed by atoms with Crippen molar-refractivity contribution in [2.45, 2.75) is 18.9 Å². The zero-order valence-corrected chi connectivity index (χ0v) is 11.8. The monoisotopic (exact) mass is 331 g/mol. The molecular weight excluding hydrogens is 317 g/mol. The van der Waals surface area contributed by atoms with Crippen molar-refractivity contribution in [3.8, 4) is 5.75 Å². The lowest BCUT2D eigenvalue weighted by molar-refractivity contribution is 0.127. The van der Waals surface area contributed by atoms with E-state index in [2.05, 4.69) is 21.1 Å². The Hall–Kier alpha value is -1.50. The van der Waals surface area contributed by atoms with Gasteiger partial charge in [-0.2, -0.15) is 0 Å². The molecule has 0 radical (unpaired) electrons. The van der Waals surface area contributed by atoms with Crippen molar-refractivity contribution in [1.29, 1.82) is 0 Å². The van der Waals surface area contributed by atoms with Gasteiger partial charge in [-0.25, -0.2) is 4.39 Å². The molecule has 7 heteroatoms. The van der Waals surface area contributed by atoms with Crippen LogP contribution in [0.4, 0.5) is 4.39 Å². The third-order valence-corrected chi connectivity index (χ3v) is 3.71. The van der Waals surface area contributed by atoms with Crippen LogP contribution in [-0.2, 0) is 0 Å².